The van der Waals surface area contributed by atoms with Crippen molar-refractivity contribution in [1.29, 1.82) is 0 Å². The van der Waals surface area contributed by atoms with Crippen LogP contribution in [-0.4, -0.2) is 43.6 Å². The van der Waals surface area contributed by atoms with E-state index in [9.17, 15) is 4.79 Å². The summed E-state index contributed by atoms with van der Waals surface area (Å²) in [6, 6.07) is 7.74. The lowest BCUT2D eigenvalue weighted by Crippen LogP contribution is -2.46. The summed E-state index contributed by atoms with van der Waals surface area (Å²) in [6.45, 7) is 5.06. The van der Waals surface area contributed by atoms with Gasteiger partial charge in [0.25, 0.3) is 0 Å². The van der Waals surface area contributed by atoms with Crippen LogP contribution >= 0.6 is 11.6 Å². The molecule has 1 aromatic carbocycles. The van der Waals surface area contributed by atoms with E-state index in [2.05, 4.69) is 17.1 Å². The van der Waals surface area contributed by atoms with E-state index in [1.54, 1.807) is 0 Å². The van der Waals surface area contributed by atoms with Crippen LogP contribution in [0.25, 0.3) is 0 Å². The summed E-state index contributed by atoms with van der Waals surface area (Å²) < 4.78 is 4.83. The van der Waals surface area contributed by atoms with Crippen molar-refractivity contribution in [1.82, 2.24) is 10.2 Å². The van der Waals surface area contributed by atoms with Crippen LogP contribution in [0.1, 0.15) is 25.3 Å². The number of aliphatic imine (C=N–C) groups is 1. The number of nitrogens with zero attached hydrogens (tertiary/aromatic N) is 2. The Balaban J connectivity index is 1.98. The van der Waals surface area contributed by atoms with Crippen molar-refractivity contribution in [3.8, 4) is 0 Å². The molecule has 1 aliphatic heterocycles. The van der Waals surface area contributed by atoms with E-state index in [-0.39, 0.29) is 11.9 Å². The summed E-state index contributed by atoms with van der Waals surface area (Å²) in [5.41, 5.74) is 1.08. The molecular weight excluding hydrogens is 314 g/mol. The Hall–Kier alpha value is -1.75. The van der Waals surface area contributed by atoms with Crippen LogP contribution in [0, 0.1) is 5.92 Å². The molecule has 0 saturated carbocycles. The Bertz CT molecular complexity index is 555. The highest BCUT2D eigenvalue weighted by Gasteiger charge is 2.26. The zero-order valence-corrected chi connectivity index (χ0v) is 14.5. The maximum Gasteiger partial charge on any atom is 0.308 e. The standard InChI is InChI=1S/C17H24ClN3O2/c1-3-19-17(20-12-13-5-4-6-15(18)11-13)21-9-7-14(8-10-21)16(22)23-2/h4-6,11,14H,3,7-10,12H2,1-2H3,(H,19,20). The number of guanidine groups is 1. The summed E-state index contributed by atoms with van der Waals surface area (Å²) in [5.74, 6) is 0.786. The van der Waals surface area contributed by atoms with Crippen molar-refractivity contribution in [2.24, 2.45) is 10.9 Å². The lowest BCUT2D eigenvalue weighted by Gasteiger charge is -2.33. The van der Waals surface area contributed by atoms with Crippen LogP contribution in [0.4, 0.5) is 0 Å². The van der Waals surface area contributed by atoms with Gasteiger partial charge in [-0.1, -0.05) is 23.7 Å². The Kier molecular flexibility index (Phi) is 6.71. The van der Waals surface area contributed by atoms with E-state index < -0.39 is 0 Å². The predicted octanol–water partition coefficient (Wildman–Crippen LogP) is 2.69. The summed E-state index contributed by atoms with van der Waals surface area (Å²) in [4.78, 5) is 18.5. The lowest BCUT2D eigenvalue weighted by molar-refractivity contribution is -0.146. The Morgan fingerprint density at radius 3 is 2.78 bits per heavy atom. The molecule has 0 radical (unpaired) electrons. The molecule has 0 aromatic heterocycles. The van der Waals surface area contributed by atoms with Gasteiger partial charge in [0.15, 0.2) is 5.96 Å². The number of hydrogen-bond donors (Lipinski definition) is 1. The first-order valence-electron chi connectivity index (χ1n) is 7.99. The minimum atomic E-state index is -0.106. The molecule has 0 aliphatic carbocycles. The highest BCUT2D eigenvalue weighted by atomic mass is 35.5. The number of benzene rings is 1. The van der Waals surface area contributed by atoms with Gasteiger partial charge in [-0.3, -0.25) is 4.79 Å². The number of halogens is 1. The molecule has 1 saturated heterocycles. The van der Waals surface area contributed by atoms with E-state index in [1.165, 1.54) is 7.11 Å². The third-order valence-corrected chi connectivity index (χ3v) is 4.20. The molecule has 6 heteroatoms. The van der Waals surface area contributed by atoms with Gasteiger partial charge in [-0.2, -0.15) is 0 Å². The molecular formula is C17H24ClN3O2. The number of methoxy groups -OCH3 is 1. The SMILES string of the molecule is CCNC(=NCc1cccc(Cl)c1)N1CCC(C(=O)OC)CC1. The monoisotopic (exact) mass is 337 g/mol. The van der Waals surface area contributed by atoms with Gasteiger partial charge in [-0.05, 0) is 37.5 Å². The van der Waals surface area contributed by atoms with Crippen LogP contribution in [0.15, 0.2) is 29.3 Å². The average molecular weight is 338 g/mol. The number of likely N-dealkylation sites (tertiary alicyclic amines) is 1. The van der Waals surface area contributed by atoms with Gasteiger partial charge < -0.3 is 15.0 Å². The molecule has 1 aromatic rings. The van der Waals surface area contributed by atoms with Gasteiger partial charge in [0.1, 0.15) is 0 Å². The maximum atomic E-state index is 11.6. The first-order chi connectivity index (χ1) is 11.1. The highest BCUT2D eigenvalue weighted by molar-refractivity contribution is 6.30. The highest BCUT2D eigenvalue weighted by Crippen LogP contribution is 2.19. The van der Waals surface area contributed by atoms with Crippen molar-refractivity contribution >= 4 is 23.5 Å². The smallest absolute Gasteiger partial charge is 0.308 e. The average Bonchev–Trinajstić information content (AvgIpc) is 2.58. The van der Waals surface area contributed by atoms with Crippen molar-refractivity contribution in [2.45, 2.75) is 26.3 Å². The topological polar surface area (TPSA) is 53.9 Å². The Labute approximate surface area is 142 Å². The molecule has 0 bridgehead atoms. The number of carbonyl (C=O) groups excluding carboxylic acids is 1. The summed E-state index contributed by atoms with van der Waals surface area (Å²) in [6.07, 6.45) is 1.60. The quantitative estimate of drug-likeness (QED) is 0.521. The van der Waals surface area contributed by atoms with Crippen LogP contribution < -0.4 is 5.32 Å². The van der Waals surface area contributed by atoms with Crippen molar-refractivity contribution in [3.05, 3.63) is 34.9 Å². The maximum absolute atomic E-state index is 11.6. The second-order valence-electron chi connectivity index (χ2n) is 5.58. The number of ether oxygens (including phenoxy) is 1. The molecule has 0 amide bonds. The van der Waals surface area contributed by atoms with Gasteiger partial charge in [0.2, 0.25) is 0 Å². The summed E-state index contributed by atoms with van der Waals surface area (Å²) in [7, 11) is 1.45. The molecule has 23 heavy (non-hydrogen) atoms. The van der Waals surface area contributed by atoms with Crippen molar-refractivity contribution in [2.75, 3.05) is 26.7 Å². The van der Waals surface area contributed by atoms with Crippen molar-refractivity contribution < 1.29 is 9.53 Å². The van der Waals surface area contributed by atoms with E-state index >= 15 is 0 Å². The van der Waals surface area contributed by atoms with Crippen molar-refractivity contribution in [3.63, 3.8) is 0 Å². The molecule has 1 fully saturated rings. The normalized spacial score (nSPS) is 16.3. The van der Waals surface area contributed by atoms with E-state index in [1.807, 2.05) is 24.3 Å². The van der Waals surface area contributed by atoms with Gasteiger partial charge in [0.05, 0.1) is 19.6 Å². The van der Waals surface area contributed by atoms with E-state index in [0.717, 1.165) is 49.0 Å². The molecule has 1 N–H and O–H groups in total. The predicted molar refractivity (Wildman–Crippen MR) is 92.6 cm³/mol. The number of rotatable bonds is 4. The second-order valence-corrected chi connectivity index (χ2v) is 6.02. The fraction of sp³-hybridized carbons (Fsp3) is 0.529. The van der Waals surface area contributed by atoms with Gasteiger partial charge in [-0.25, -0.2) is 4.99 Å². The Morgan fingerprint density at radius 1 is 1.43 bits per heavy atom. The second kappa shape index (κ2) is 8.77. The number of carbonyl (C=O) groups is 1. The molecule has 0 spiro atoms. The van der Waals surface area contributed by atoms with E-state index in [0.29, 0.717) is 6.54 Å². The molecule has 0 unspecified atom stereocenters. The van der Waals surface area contributed by atoms with Crippen LogP contribution in [0.3, 0.4) is 0 Å². The summed E-state index contributed by atoms with van der Waals surface area (Å²) in [5, 5.41) is 4.05. The van der Waals surface area contributed by atoms with Gasteiger partial charge in [-0.15, -0.1) is 0 Å². The zero-order chi connectivity index (χ0) is 16.7. The fourth-order valence-corrected chi connectivity index (χ4v) is 2.93. The first kappa shape index (κ1) is 17.6. The van der Waals surface area contributed by atoms with Crippen LogP contribution in [0.2, 0.25) is 5.02 Å². The minimum Gasteiger partial charge on any atom is -0.469 e. The molecule has 126 valence electrons. The third-order valence-electron chi connectivity index (χ3n) is 3.96. The molecule has 0 atom stereocenters. The van der Waals surface area contributed by atoms with Gasteiger partial charge in [0, 0.05) is 24.7 Å². The molecule has 5 nitrogen and oxygen atoms in total. The minimum absolute atomic E-state index is 0.00653. The van der Waals surface area contributed by atoms with Crippen LogP contribution in [-0.2, 0) is 16.1 Å². The van der Waals surface area contributed by atoms with Gasteiger partial charge >= 0.3 is 5.97 Å². The number of hydrogen-bond acceptors (Lipinski definition) is 3. The van der Waals surface area contributed by atoms with Crippen LogP contribution in [0.5, 0.6) is 0 Å². The lowest BCUT2D eigenvalue weighted by atomic mass is 9.97. The number of piperidine rings is 1. The number of nitrogens with one attached hydrogen (secondary N) is 1. The first-order valence-corrected chi connectivity index (χ1v) is 8.37. The zero-order valence-electron chi connectivity index (χ0n) is 13.7. The molecule has 2 rings (SSSR count). The van der Waals surface area contributed by atoms with E-state index in [4.69, 9.17) is 21.3 Å². The molecule has 1 heterocycles. The summed E-state index contributed by atoms with van der Waals surface area (Å²) >= 11 is 6.01. The molecule has 1 aliphatic rings. The Morgan fingerprint density at radius 2 is 2.17 bits per heavy atom. The number of esters is 1. The fourth-order valence-electron chi connectivity index (χ4n) is 2.72. The largest absolute Gasteiger partial charge is 0.469 e. The third kappa shape index (κ3) is 5.13.